The highest BCUT2D eigenvalue weighted by Gasteiger charge is 2.31. The van der Waals surface area contributed by atoms with Gasteiger partial charge < -0.3 is 20.4 Å². The highest BCUT2D eigenvalue weighted by atomic mass is 35.5. The minimum atomic E-state index is -0.372. The van der Waals surface area contributed by atoms with Gasteiger partial charge in [-0.1, -0.05) is 54.9 Å². The first-order valence-electron chi connectivity index (χ1n) is 12.7. The largest absolute Gasteiger partial charge is 0.376 e. The third-order valence-corrected chi connectivity index (χ3v) is 7.42. The Bertz CT molecular complexity index is 1390. The van der Waals surface area contributed by atoms with E-state index < -0.39 is 0 Å². The Hall–Kier alpha value is -3.94. The van der Waals surface area contributed by atoms with E-state index in [1.165, 1.54) is 0 Å². The number of halogens is 1. The molecule has 3 aromatic rings. The molecule has 1 saturated heterocycles. The molecule has 2 aliphatic rings. The van der Waals surface area contributed by atoms with Crippen LogP contribution in [-0.2, 0) is 6.54 Å². The molecule has 0 atom stereocenters. The maximum atomic E-state index is 12.8. The number of likely N-dealkylation sites (N-methyl/N-ethyl adjacent to an activating group) is 1. The quantitative estimate of drug-likeness (QED) is 0.462. The Morgan fingerprint density at radius 1 is 0.842 bits per heavy atom. The lowest BCUT2D eigenvalue weighted by molar-refractivity contribution is 0.0974. The molecule has 0 aromatic heterocycles. The summed E-state index contributed by atoms with van der Waals surface area (Å²) in [6.45, 7) is 7.68. The van der Waals surface area contributed by atoms with Gasteiger partial charge in [0.2, 0.25) is 11.6 Å². The van der Waals surface area contributed by atoms with Crippen LogP contribution in [0.15, 0.2) is 83.5 Å². The summed E-state index contributed by atoms with van der Waals surface area (Å²) in [7, 11) is 0. The minimum absolute atomic E-state index is 0.0906. The number of benzene rings is 3. The van der Waals surface area contributed by atoms with Gasteiger partial charge in [-0.25, -0.2) is 0 Å². The number of fused-ring (bicyclic) bond motifs is 1. The molecule has 3 aromatic carbocycles. The summed E-state index contributed by atoms with van der Waals surface area (Å²) in [6, 6.07) is 21.6. The topological polar surface area (TPSA) is 81.8 Å². The third kappa shape index (κ3) is 5.35. The average Bonchev–Trinajstić information content (AvgIpc) is 2.96. The first-order chi connectivity index (χ1) is 18.4. The van der Waals surface area contributed by atoms with Crippen LogP contribution in [0, 0.1) is 0 Å². The summed E-state index contributed by atoms with van der Waals surface area (Å²) in [5, 5.41) is 5.84. The molecule has 0 radical (unpaired) electrons. The van der Waals surface area contributed by atoms with Crippen molar-refractivity contribution in [2.75, 3.05) is 42.9 Å². The maximum Gasteiger partial charge on any atom is 0.255 e. The molecule has 5 rings (SSSR count). The van der Waals surface area contributed by atoms with Crippen molar-refractivity contribution >= 4 is 40.4 Å². The number of amides is 1. The number of hydrogen-bond acceptors (Lipinski definition) is 6. The number of Topliss-reactive ketones (excluding diaryl/α,β-unsaturated/α-hetero) is 2. The fraction of sp³-hybridized carbons (Fsp3) is 0.233. The predicted octanol–water partition coefficient (Wildman–Crippen LogP) is 4.70. The monoisotopic (exact) mass is 528 g/mol. The third-order valence-electron chi connectivity index (χ3n) is 7.06. The zero-order chi connectivity index (χ0) is 26.6. The summed E-state index contributed by atoms with van der Waals surface area (Å²) < 4.78 is 0. The molecule has 0 unspecified atom stereocenters. The second kappa shape index (κ2) is 11.2. The molecule has 0 spiro atoms. The van der Waals surface area contributed by atoms with Gasteiger partial charge in [0, 0.05) is 60.8 Å². The molecule has 194 valence electrons. The number of rotatable bonds is 7. The molecule has 8 heteroatoms. The smallest absolute Gasteiger partial charge is 0.255 e. The van der Waals surface area contributed by atoms with E-state index >= 15 is 0 Å². The van der Waals surface area contributed by atoms with Crippen molar-refractivity contribution in [3.8, 4) is 0 Å². The molecule has 0 bridgehead atoms. The number of nitrogens with zero attached hydrogens (tertiary/aromatic N) is 2. The van der Waals surface area contributed by atoms with Crippen molar-refractivity contribution in [2.24, 2.45) is 0 Å². The van der Waals surface area contributed by atoms with E-state index in [2.05, 4.69) is 27.4 Å². The molecule has 1 fully saturated rings. The van der Waals surface area contributed by atoms with E-state index in [1.807, 2.05) is 24.3 Å². The Morgan fingerprint density at radius 2 is 1.47 bits per heavy atom. The van der Waals surface area contributed by atoms with Gasteiger partial charge in [0.25, 0.3) is 5.91 Å². The van der Waals surface area contributed by atoms with Gasteiger partial charge in [0.1, 0.15) is 10.7 Å². The van der Waals surface area contributed by atoms with Crippen LogP contribution in [-0.4, -0.2) is 55.1 Å². The lowest BCUT2D eigenvalue weighted by Gasteiger charge is -2.35. The van der Waals surface area contributed by atoms with Crippen LogP contribution >= 0.6 is 11.6 Å². The fourth-order valence-corrected chi connectivity index (χ4v) is 5.00. The van der Waals surface area contributed by atoms with E-state index in [0.717, 1.165) is 49.7 Å². The molecular formula is C30H29ClN4O3. The first kappa shape index (κ1) is 25.7. The standard InChI is InChI=1S/C30H29ClN4O3/c1-2-34-15-17-35(18-16-34)23-13-11-22(12-14-23)33-30(38)21-9-7-20(8-10-21)19-32-27-26(31)28(36)24-5-3-4-6-25(24)29(27)37/h3-14,32H,2,15-19H2,1H3,(H,33,38). The molecule has 1 aliphatic heterocycles. The molecule has 2 N–H and O–H groups in total. The number of piperazine rings is 1. The van der Waals surface area contributed by atoms with Crippen molar-refractivity contribution in [1.29, 1.82) is 0 Å². The number of allylic oxidation sites excluding steroid dienone is 2. The van der Waals surface area contributed by atoms with E-state index in [0.29, 0.717) is 16.7 Å². The van der Waals surface area contributed by atoms with Crippen LogP contribution in [0.4, 0.5) is 11.4 Å². The fourth-order valence-electron chi connectivity index (χ4n) is 4.75. The first-order valence-corrected chi connectivity index (χ1v) is 13.1. The van der Waals surface area contributed by atoms with Crippen LogP contribution in [0.1, 0.15) is 43.6 Å². The maximum absolute atomic E-state index is 12.8. The average molecular weight is 529 g/mol. The molecule has 1 aliphatic carbocycles. The van der Waals surface area contributed by atoms with Gasteiger partial charge in [-0.15, -0.1) is 0 Å². The van der Waals surface area contributed by atoms with Gasteiger partial charge in [-0.3, -0.25) is 14.4 Å². The highest BCUT2D eigenvalue weighted by molar-refractivity contribution is 6.49. The molecule has 38 heavy (non-hydrogen) atoms. The van der Waals surface area contributed by atoms with Crippen molar-refractivity contribution in [2.45, 2.75) is 13.5 Å². The van der Waals surface area contributed by atoms with Crippen LogP contribution in [0.2, 0.25) is 0 Å². The second-order valence-electron chi connectivity index (χ2n) is 9.37. The Kier molecular flexibility index (Phi) is 7.58. The van der Waals surface area contributed by atoms with E-state index in [1.54, 1.807) is 48.5 Å². The number of carbonyl (C=O) groups is 3. The van der Waals surface area contributed by atoms with E-state index in [9.17, 15) is 14.4 Å². The Morgan fingerprint density at radius 3 is 2.11 bits per heavy atom. The van der Waals surface area contributed by atoms with E-state index in [-0.39, 0.29) is 34.7 Å². The van der Waals surface area contributed by atoms with Crippen molar-refractivity contribution < 1.29 is 14.4 Å². The summed E-state index contributed by atoms with van der Waals surface area (Å²) in [4.78, 5) is 43.0. The normalized spacial score (nSPS) is 15.9. The van der Waals surface area contributed by atoms with Gasteiger partial charge in [0.15, 0.2) is 0 Å². The SMILES string of the molecule is CCN1CCN(c2ccc(NC(=O)c3ccc(CNC4=C(Cl)C(=O)c5ccccc5C4=O)cc3)cc2)CC1. The van der Waals surface area contributed by atoms with Crippen LogP contribution < -0.4 is 15.5 Å². The van der Waals surface area contributed by atoms with Gasteiger partial charge >= 0.3 is 0 Å². The number of carbonyl (C=O) groups excluding carboxylic acids is 3. The van der Waals surface area contributed by atoms with Crippen LogP contribution in [0.3, 0.4) is 0 Å². The summed E-state index contributed by atoms with van der Waals surface area (Å²) in [6.07, 6.45) is 0. The summed E-state index contributed by atoms with van der Waals surface area (Å²) in [5.74, 6) is -0.886. The molecular weight excluding hydrogens is 500 g/mol. The predicted molar refractivity (Wildman–Crippen MR) is 150 cm³/mol. The van der Waals surface area contributed by atoms with Gasteiger partial charge in [-0.2, -0.15) is 0 Å². The lowest BCUT2D eigenvalue weighted by Crippen LogP contribution is -2.46. The highest BCUT2D eigenvalue weighted by Crippen LogP contribution is 2.27. The Balaban J connectivity index is 1.17. The van der Waals surface area contributed by atoms with Crippen LogP contribution in [0.25, 0.3) is 0 Å². The summed E-state index contributed by atoms with van der Waals surface area (Å²) in [5.41, 5.74) is 3.99. The van der Waals surface area contributed by atoms with E-state index in [4.69, 9.17) is 11.6 Å². The molecule has 0 saturated carbocycles. The number of ketones is 2. The number of hydrogen-bond donors (Lipinski definition) is 2. The number of anilines is 2. The molecule has 1 amide bonds. The number of nitrogens with one attached hydrogen (secondary N) is 2. The molecule has 7 nitrogen and oxygen atoms in total. The van der Waals surface area contributed by atoms with Gasteiger partial charge in [-0.05, 0) is 48.5 Å². The van der Waals surface area contributed by atoms with Gasteiger partial charge in [0.05, 0.1) is 0 Å². The lowest BCUT2D eigenvalue weighted by atomic mass is 9.92. The minimum Gasteiger partial charge on any atom is -0.376 e. The zero-order valence-corrected chi connectivity index (χ0v) is 21.9. The zero-order valence-electron chi connectivity index (χ0n) is 21.2. The molecule has 1 heterocycles. The van der Waals surface area contributed by atoms with Crippen LogP contribution in [0.5, 0.6) is 0 Å². The second-order valence-corrected chi connectivity index (χ2v) is 9.74. The van der Waals surface area contributed by atoms with Crippen molar-refractivity contribution in [3.63, 3.8) is 0 Å². The van der Waals surface area contributed by atoms with Crippen molar-refractivity contribution in [1.82, 2.24) is 10.2 Å². The summed E-state index contributed by atoms with van der Waals surface area (Å²) >= 11 is 6.22. The Labute approximate surface area is 227 Å². The van der Waals surface area contributed by atoms with Crippen molar-refractivity contribution in [3.05, 3.63) is 106 Å².